The van der Waals surface area contributed by atoms with Crippen molar-refractivity contribution < 1.29 is 13.9 Å². The van der Waals surface area contributed by atoms with Crippen LogP contribution >= 0.6 is 0 Å². The lowest BCUT2D eigenvalue weighted by atomic mass is 10.1. The van der Waals surface area contributed by atoms with Gasteiger partial charge in [-0.25, -0.2) is 4.39 Å². The molecule has 2 aromatic carbocycles. The number of pyridine rings is 1. The largest absolute Gasteiger partial charge is 0.483 e. The molecule has 0 saturated heterocycles. The molecule has 5 nitrogen and oxygen atoms in total. The molecule has 0 bridgehead atoms. The molecule has 0 fully saturated rings. The molecule has 29 heavy (non-hydrogen) atoms. The highest BCUT2D eigenvalue weighted by Crippen LogP contribution is 2.24. The molecular weight excluding hydrogens is 371 g/mol. The Morgan fingerprint density at radius 3 is 2.48 bits per heavy atom. The van der Waals surface area contributed by atoms with Gasteiger partial charge in [-0.3, -0.25) is 9.59 Å². The summed E-state index contributed by atoms with van der Waals surface area (Å²) in [4.78, 5) is 27.2. The SMILES string of the molecule is Cc1cc(C)c(CNC(=O)c2ccc([C@H](C)Oc3ccccc3F)cc2)c(=O)[nH]1. The number of rotatable bonds is 6. The van der Waals surface area contributed by atoms with Crippen LogP contribution in [0.5, 0.6) is 5.75 Å². The molecule has 1 amide bonds. The van der Waals surface area contributed by atoms with Crippen LogP contribution in [0, 0.1) is 19.7 Å². The third kappa shape index (κ3) is 4.90. The zero-order valence-electron chi connectivity index (χ0n) is 16.6. The zero-order valence-corrected chi connectivity index (χ0v) is 16.6. The molecule has 1 heterocycles. The van der Waals surface area contributed by atoms with Crippen molar-refractivity contribution in [2.75, 3.05) is 0 Å². The topological polar surface area (TPSA) is 71.2 Å². The molecule has 0 aliphatic rings. The molecule has 0 radical (unpaired) electrons. The Hall–Kier alpha value is -3.41. The Kier molecular flexibility index (Phi) is 6.12. The number of ether oxygens (including phenoxy) is 1. The second-order valence-electron chi connectivity index (χ2n) is 6.94. The van der Waals surface area contributed by atoms with Gasteiger partial charge in [-0.15, -0.1) is 0 Å². The summed E-state index contributed by atoms with van der Waals surface area (Å²) in [7, 11) is 0. The van der Waals surface area contributed by atoms with E-state index in [4.69, 9.17) is 4.74 Å². The Morgan fingerprint density at radius 1 is 1.14 bits per heavy atom. The molecule has 2 N–H and O–H groups in total. The predicted molar refractivity (Wildman–Crippen MR) is 110 cm³/mol. The van der Waals surface area contributed by atoms with E-state index >= 15 is 0 Å². The number of carbonyl (C=O) groups excluding carboxylic acids is 1. The van der Waals surface area contributed by atoms with Crippen molar-refractivity contribution in [1.82, 2.24) is 10.3 Å². The van der Waals surface area contributed by atoms with Gasteiger partial charge >= 0.3 is 0 Å². The summed E-state index contributed by atoms with van der Waals surface area (Å²) < 4.78 is 19.4. The van der Waals surface area contributed by atoms with Gasteiger partial charge in [0.15, 0.2) is 11.6 Å². The number of aromatic nitrogens is 1. The quantitative estimate of drug-likeness (QED) is 0.658. The highest BCUT2D eigenvalue weighted by atomic mass is 19.1. The molecule has 0 spiro atoms. The third-order valence-corrected chi connectivity index (χ3v) is 4.70. The van der Waals surface area contributed by atoms with Gasteiger partial charge in [-0.1, -0.05) is 24.3 Å². The monoisotopic (exact) mass is 394 g/mol. The van der Waals surface area contributed by atoms with E-state index in [2.05, 4.69) is 10.3 Å². The summed E-state index contributed by atoms with van der Waals surface area (Å²) in [5, 5.41) is 2.77. The fourth-order valence-electron chi connectivity index (χ4n) is 3.08. The normalized spacial score (nSPS) is 11.7. The van der Waals surface area contributed by atoms with E-state index in [9.17, 15) is 14.0 Å². The van der Waals surface area contributed by atoms with Crippen molar-refractivity contribution in [3.8, 4) is 5.75 Å². The number of H-pyrrole nitrogens is 1. The Bertz CT molecular complexity index is 1070. The first kappa shape index (κ1) is 20.3. The second kappa shape index (κ2) is 8.73. The maximum Gasteiger partial charge on any atom is 0.253 e. The minimum absolute atomic E-state index is 0.148. The van der Waals surface area contributed by atoms with Crippen molar-refractivity contribution in [1.29, 1.82) is 0 Å². The van der Waals surface area contributed by atoms with E-state index in [1.54, 1.807) is 42.5 Å². The van der Waals surface area contributed by atoms with Crippen molar-refractivity contribution in [2.45, 2.75) is 33.4 Å². The average molecular weight is 394 g/mol. The first-order valence-electron chi connectivity index (χ1n) is 9.34. The van der Waals surface area contributed by atoms with Gasteiger partial charge in [0.1, 0.15) is 6.10 Å². The summed E-state index contributed by atoms with van der Waals surface area (Å²) >= 11 is 0. The van der Waals surface area contributed by atoms with Gasteiger partial charge in [-0.2, -0.15) is 0 Å². The number of halogens is 1. The maximum atomic E-state index is 13.7. The average Bonchev–Trinajstić information content (AvgIpc) is 2.69. The number of nitrogens with one attached hydrogen (secondary N) is 2. The molecule has 0 unspecified atom stereocenters. The van der Waals surface area contributed by atoms with Gasteiger partial charge in [0.2, 0.25) is 0 Å². The van der Waals surface area contributed by atoms with Crippen LogP contribution < -0.4 is 15.6 Å². The Morgan fingerprint density at radius 2 is 1.83 bits per heavy atom. The van der Waals surface area contributed by atoms with Gasteiger partial charge in [0.25, 0.3) is 11.5 Å². The van der Waals surface area contributed by atoms with Gasteiger partial charge in [0.05, 0.1) is 0 Å². The van der Waals surface area contributed by atoms with Crippen LogP contribution in [0.3, 0.4) is 0 Å². The first-order chi connectivity index (χ1) is 13.8. The predicted octanol–water partition coefficient (Wildman–Crippen LogP) is 4.20. The van der Waals surface area contributed by atoms with Crippen molar-refractivity contribution in [3.63, 3.8) is 0 Å². The van der Waals surface area contributed by atoms with Crippen molar-refractivity contribution in [2.24, 2.45) is 0 Å². The fraction of sp³-hybridized carbons (Fsp3) is 0.217. The van der Waals surface area contributed by atoms with E-state index in [1.807, 2.05) is 26.8 Å². The van der Waals surface area contributed by atoms with Crippen LogP contribution in [0.25, 0.3) is 0 Å². The van der Waals surface area contributed by atoms with Crippen LogP contribution in [-0.4, -0.2) is 10.9 Å². The van der Waals surface area contributed by atoms with Gasteiger partial charge in [0, 0.05) is 23.4 Å². The van der Waals surface area contributed by atoms with E-state index in [0.717, 1.165) is 16.8 Å². The standard InChI is InChI=1S/C23H23FN2O3/c1-14-12-15(2)26-23(28)19(14)13-25-22(27)18-10-8-17(9-11-18)16(3)29-21-7-5-4-6-20(21)24/h4-12,16H,13H2,1-3H3,(H,25,27)(H,26,28)/t16-/m0/s1. The molecule has 3 aromatic rings. The number of amides is 1. The fourth-order valence-corrected chi connectivity index (χ4v) is 3.08. The Balaban J connectivity index is 1.64. The molecular formula is C23H23FN2O3. The number of aromatic amines is 1. The van der Waals surface area contributed by atoms with E-state index in [0.29, 0.717) is 11.1 Å². The second-order valence-corrected chi connectivity index (χ2v) is 6.94. The van der Waals surface area contributed by atoms with Gasteiger partial charge < -0.3 is 15.0 Å². The molecule has 3 rings (SSSR count). The molecule has 0 aliphatic carbocycles. The third-order valence-electron chi connectivity index (χ3n) is 4.70. The van der Waals surface area contributed by atoms with E-state index < -0.39 is 5.82 Å². The lowest BCUT2D eigenvalue weighted by Crippen LogP contribution is -2.27. The van der Waals surface area contributed by atoms with Crippen LogP contribution in [-0.2, 0) is 6.54 Å². The number of para-hydroxylation sites is 1. The lowest BCUT2D eigenvalue weighted by Gasteiger charge is -2.16. The van der Waals surface area contributed by atoms with Crippen molar-refractivity contribution in [3.05, 3.63) is 98.7 Å². The smallest absolute Gasteiger partial charge is 0.253 e. The van der Waals surface area contributed by atoms with Crippen LogP contribution in [0.4, 0.5) is 4.39 Å². The molecule has 6 heteroatoms. The van der Waals surface area contributed by atoms with Crippen molar-refractivity contribution >= 4 is 5.91 Å². The molecule has 1 atom stereocenters. The number of hydrogen-bond donors (Lipinski definition) is 2. The Labute approximate surface area is 168 Å². The lowest BCUT2D eigenvalue weighted by molar-refractivity contribution is 0.0950. The number of carbonyl (C=O) groups is 1. The summed E-state index contributed by atoms with van der Waals surface area (Å²) in [6.07, 6.45) is -0.377. The zero-order chi connectivity index (χ0) is 21.0. The minimum Gasteiger partial charge on any atom is -0.483 e. The molecule has 0 aliphatic heterocycles. The van der Waals surface area contributed by atoms with Crippen LogP contribution in [0.15, 0.2) is 59.4 Å². The highest BCUT2D eigenvalue weighted by molar-refractivity contribution is 5.94. The van der Waals surface area contributed by atoms with Crippen LogP contribution in [0.1, 0.15) is 45.8 Å². The van der Waals surface area contributed by atoms with E-state index in [-0.39, 0.29) is 29.9 Å². The molecule has 0 saturated carbocycles. The summed E-state index contributed by atoms with van der Waals surface area (Å²) in [5.74, 6) is -0.518. The first-order valence-corrected chi connectivity index (χ1v) is 9.34. The maximum absolute atomic E-state index is 13.7. The molecule has 150 valence electrons. The number of hydrogen-bond acceptors (Lipinski definition) is 3. The van der Waals surface area contributed by atoms with Gasteiger partial charge in [-0.05, 0) is 62.2 Å². The summed E-state index contributed by atoms with van der Waals surface area (Å²) in [6.45, 7) is 5.62. The summed E-state index contributed by atoms with van der Waals surface area (Å²) in [6, 6.07) is 15.0. The summed E-state index contributed by atoms with van der Waals surface area (Å²) in [5.41, 5.74) is 3.24. The highest BCUT2D eigenvalue weighted by Gasteiger charge is 2.13. The van der Waals surface area contributed by atoms with E-state index in [1.165, 1.54) is 6.07 Å². The number of benzene rings is 2. The minimum atomic E-state index is -0.420. The van der Waals surface area contributed by atoms with Crippen LogP contribution in [0.2, 0.25) is 0 Å². The molecule has 1 aromatic heterocycles. The number of aryl methyl sites for hydroxylation is 2.